The Morgan fingerprint density at radius 3 is 2.42 bits per heavy atom. The van der Waals surface area contributed by atoms with Gasteiger partial charge in [0.15, 0.2) is 0 Å². The van der Waals surface area contributed by atoms with Gasteiger partial charge in [0.05, 0.1) is 0 Å². The van der Waals surface area contributed by atoms with E-state index in [-0.39, 0.29) is 0 Å². The van der Waals surface area contributed by atoms with E-state index in [2.05, 4.69) is 15.7 Å². The molecule has 5 rings (SSSR count). The third-order valence-electron chi connectivity index (χ3n) is 6.01. The van der Waals surface area contributed by atoms with Gasteiger partial charge in [0.2, 0.25) is 0 Å². The molecule has 0 saturated heterocycles. The zero-order valence-corrected chi connectivity index (χ0v) is 11.7. The number of rotatable bonds is 4. The highest BCUT2D eigenvalue weighted by Crippen LogP contribution is 2.57. The minimum Gasteiger partial charge on any atom is -0.334 e. The van der Waals surface area contributed by atoms with Gasteiger partial charge in [-0.3, -0.25) is 0 Å². The molecule has 0 atom stereocenters. The number of hydrogen-bond acceptors (Lipinski definition) is 2. The lowest BCUT2D eigenvalue weighted by Crippen LogP contribution is -2.46. The van der Waals surface area contributed by atoms with Gasteiger partial charge < -0.3 is 10.3 Å². The lowest BCUT2D eigenvalue weighted by Gasteiger charge is -2.54. The van der Waals surface area contributed by atoms with Gasteiger partial charge in [-0.1, -0.05) is 0 Å². The number of nitrogens with two attached hydrogens (primary N) is 1. The van der Waals surface area contributed by atoms with Gasteiger partial charge in [-0.25, -0.2) is 4.98 Å². The van der Waals surface area contributed by atoms with Crippen LogP contribution in [0.5, 0.6) is 0 Å². The van der Waals surface area contributed by atoms with Crippen molar-refractivity contribution in [3.05, 3.63) is 18.2 Å². The van der Waals surface area contributed by atoms with Gasteiger partial charge in [0, 0.05) is 31.9 Å². The van der Waals surface area contributed by atoms with Gasteiger partial charge in [0.25, 0.3) is 0 Å². The Labute approximate surface area is 115 Å². The Bertz CT molecular complexity index is 423. The third-order valence-corrected chi connectivity index (χ3v) is 6.01. The first kappa shape index (κ1) is 12.0. The second kappa shape index (κ2) is 4.62. The molecule has 0 unspecified atom stereocenters. The first-order chi connectivity index (χ1) is 9.33. The molecule has 2 N–H and O–H groups in total. The summed E-state index contributed by atoms with van der Waals surface area (Å²) >= 11 is 0. The maximum Gasteiger partial charge on any atom is 0.108 e. The van der Waals surface area contributed by atoms with Crippen molar-refractivity contribution >= 4 is 0 Å². The average Bonchev–Trinajstić information content (AvgIpc) is 2.81. The van der Waals surface area contributed by atoms with Crippen LogP contribution in [-0.4, -0.2) is 16.1 Å². The molecule has 19 heavy (non-hydrogen) atoms. The molecule has 0 spiro atoms. The number of hydrogen-bond donors (Lipinski definition) is 1. The molecule has 0 radical (unpaired) electrons. The summed E-state index contributed by atoms with van der Waals surface area (Å²) in [6.45, 7) is 1.63. The largest absolute Gasteiger partial charge is 0.334 e. The molecular formula is C16H25N3. The minimum atomic E-state index is 0.713. The van der Waals surface area contributed by atoms with Crippen LogP contribution in [0.25, 0.3) is 0 Å². The van der Waals surface area contributed by atoms with Gasteiger partial charge in [-0.2, -0.15) is 0 Å². The van der Waals surface area contributed by atoms with E-state index in [1.165, 1.54) is 37.9 Å². The summed E-state index contributed by atoms with van der Waals surface area (Å²) in [5.74, 6) is 6.33. The standard InChI is InChI=1S/C16H25N3/c17-1-3-19-4-2-18-16(19)10-15-13-6-11-5-12(8-13)9-14(15)7-11/h2,4,11-15H,1,3,5-10,17H2. The number of nitrogens with zero attached hydrogens (tertiary/aromatic N) is 2. The van der Waals surface area contributed by atoms with Crippen LogP contribution < -0.4 is 5.73 Å². The molecule has 1 aromatic rings. The summed E-state index contributed by atoms with van der Waals surface area (Å²) in [5, 5.41) is 0. The van der Waals surface area contributed by atoms with Crippen LogP contribution in [0.4, 0.5) is 0 Å². The molecule has 4 saturated carbocycles. The molecule has 104 valence electrons. The van der Waals surface area contributed by atoms with Crippen molar-refractivity contribution in [2.45, 2.75) is 45.1 Å². The highest BCUT2D eigenvalue weighted by atomic mass is 15.1. The van der Waals surface area contributed by atoms with Crippen LogP contribution in [0, 0.1) is 29.6 Å². The van der Waals surface area contributed by atoms with E-state index in [9.17, 15) is 0 Å². The zero-order valence-electron chi connectivity index (χ0n) is 11.7. The molecule has 0 amide bonds. The van der Waals surface area contributed by atoms with Crippen molar-refractivity contribution in [3.8, 4) is 0 Å². The van der Waals surface area contributed by atoms with E-state index in [4.69, 9.17) is 5.73 Å². The van der Waals surface area contributed by atoms with E-state index in [1.807, 2.05) is 6.20 Å². The van der Waals surface area contributed by atoms with E-state index >= 15 is 0 Å². The monoisotopic (exact) mass is 259 g/mol. The third kappa shape index (κ3) is 2.03. The molecule has 4 bridgehead atoms. The molecule has 4 aliphatic carbocycles. The fourth-order valence-electron chi connectivity index (χ4n) is 5.45. The molecule has 0 aromatic carbocycles. The lowest BCUT2D eigenvalue weighted by molar-refractivity contribution is -0.0369. The highest BCUT2D eigenvalue weighted by molar-refractivity contribution is 5.03. The van der Waals surface area contributed by atoms with Crippen LogP contribution in [-0.2, 0) is 13.0 Å². The minimum absolute atomic E-state index is 0.713. The van der Waals surface area contributed by atoms with Gasteiger partial charge in [0.1, 0.15) is 5.82 Å². The average molecular weight is 259 g/mol. The topological polar surface area (TPSA) is 43.8 Å². The van der Waals surface area contributed by atoms with Crippen LogP contribution in [0.1, 0.15) is 37.9 Å². The van der Waals surface area contributed by atoms with E-state index in [1.54, 1.807) is 6.42 Å². The van der Waals surface area contributed by atoms with Crippen LogP contribution in [0.3, 0.4) is 0 Å². The summed E-state index contributed by atoms with van der Waals surface area (Å²) in [7, 11) is 0. The summed E-state index contributed by atoms with van der Waals surface area (Å²) < 4.78 is 2.27. The SMILES string of the molecule is NCCn1ccnc1CC1C2CC3CC(C2)CC1C3. The fourth-order valence-corrected chi connectivity index (χ4v) is 5.45. The number of aromatic nitrogens is 2. The second-order valence-electron chi connectivity index (χ2n) is 7.12. The molecule has 4 aliphatic rings. The molecule has 1 aromatic heterocycles. The molecular weight excluding hydrogens is 234 g/mol. The first-order valence-electron chi connectivity index (χ1n) is 8.03. The molecule has 3 heteroatoms. The van der Waals surface area contributed by atoms with Crippen LogP contribution in [0.2, 0.25) is 0 Å². The zero-order chi connectivity index (χ0) is 12.8. The van der Waals surface area contributed by atoms with Crippen molar-refractivity contribution in [2.24, 2.45) is 35.3 Å². The van der Waals surface area contributed by atoms with Crippen molar-refractivity contribution in [1.82, 2.24) is 9.55 Å². The Morgan fingerprint density at radius 1 is 1.11 bits per heavy atom. The predicted molar refractivity (Wildman–Crippen MR) is 75.5 cm³/mol. The Balaban J connectivity index is 1.52. The predicted octanol–water partition coefficient (Wildman–Crippen LogP) is 2.46. The highest BCUT2D eigenvalue weighted by Gasteiger charge is 2.48. The maximum atomic E-state index is 5.69. The lowest BCUT2D eigenvalue weighted by atomic mass is 9.51. The second-order valence-corrected chi connectivity index (χ2v) is 7.12. The Morgan fingerprint density at radius 2 is 1.79 bits per heavy atom. The molecule has 1 heterocycles. The fraction of sp³-hybridized carbons (Fsp3) is 0.812. The summed E-state index contributed by atoms with van der Waals surface area (Å²) in [6, 6.07) is 0. The van der Waals surface area contributed by atoms with Gasteiger partial charge in [-0.05, 0) is 61.7 Å². The van der Waals surface area contributed by atoms with Crippen molar-refractivity contribution in [1.29, 1.82) is 0 Å². The van der Waals surface area contributed by atoms with Crippen molar-refractivity contribution in [3.63, 3.8) is 0 Å². The van der Waals surface area contributed by atoms with E-state index in [0.717, 1.165) is 36.1 Å². The van der Waals surface area contributed by atoms with Crippen LogP contribution in [0.15, 0.2) is 12.4 Å². The van der Waals surface area contributed by atoms with Gasteiger partial charge >= 0.3 is 0 Å². The Kier molecular flexibility index (Phi) is 2.91. The van der Waals surface area contributed by atoms with Crippen molar-refractivity contribution < 1.29 is 0 Å². The number of imidazole rings is 1. The normalized spacial score (nSPS) is 39.9. The Hall–Kier alpha value is -0.830. The summed E-state index contributed by atoms with van der Waals surface area (Å²) in [4.78, 5) is 4.59. The smallest absolute Gasteiger partial charge is 0.108 e. The maximum absolute atomic E-state index is 5.69. The first-order valence-corrected chi connectivity index (χ1v) is 8.03. The molecule has 4 fully saturated rings. The summed E-state index contributed by atoms with van der Waals surface area (Å²) in [5.41, 5.74) is 5.69. The van der Waals surface area contributed by atoms with Crippen molar-refractivity contribution in [2.75, 3.05) is 6.54 Å². The van der Waals surface area contributed by atoms with Gasteiger partial charge in [-0.15, -0.1) is 0 Å². The molecule has 0 aliphatic heterocycles. The van der Waals surface area contributed by atoms with E-state index in [0.29, 0.717) is 6.54 Å². The quantitative estimate of drug-likeness (QED) is 0.902. The summed E-state index contributed by atoms with van der Waals surface area (Å²) in [6.07, 6.45) is 12.8. The van der Waals surface area contributed by atoms with Crippen LogP contribution >= 0.6 is 0 Å². The van der Waals surface area contributed by atoms with E-state index < -0.39 is 0 Å². The molecule has 3 nitrogen and oxygen atoms in total.